The van der Waals surface area contributed by atoms with Crippen molar-refractivity contribution in [2.75, 3.05) is 0 Å². The molecule has 0 fully saturated rings. The molecular formula is C16H22O3. The van der Waals surface area contributed by atoms with Crippen LogP contribution in [0.1, 0.15) is 39.7 Å². The predicted molar refractivity (Wildman–Crippen MR) is 77.1 cm³/mol. The van der Waals surface area contributed by atoms with Crippen LogP contribution < -0.4 is 4.74 Å². The van der Waals surface area contributed by atoms with Gasteiger partial charge in [0.2, 0.25) is 0 Å². The summed E-state index contributed by atoms with van der Waals surface area (Å²) in [5.41, 5.74) is 0.873. The van der Waals surface area contributed by atoms with Crippen LogP contribution >= 0.6 is 0 Å². The van der Waals surface area contributed by atoms with Gasteiger partial charge in [-0.3, -0.25) is 0 Å². The summed E-state index contributed by atoms with van der Waals surface area (Å²) in [5, 5.41) is 0. The van der Waals surface area contributed by atoms with Gasteiger partial charge in [-0.15, -0.1) is 0 Å². The first-order valence-corrected chi connectivity index (χ1v) is 6.67. The van der Waals surface area contributed by atoms with Crippen LogP contribution in [0.4, 0.5) is 0 Å². The van der Waals surface area contributed by atoms with Crippen LogP contribution in [0.5, 0.6) is 5.75 Å². The molecular weight excluding hydrogens is 240 g/mol. The Bertz CT molecular complexity index is 435. The topological polar surface area (TPSA) is 35.5 Å². The molecule has 1 unspecified atom stereocenters. The Labute approximate surface area is 115 Å². The Morgan fingerprint density at radius 1 is 1.26 bits per heavy atom. The fourth-order valence-electron chi connectivity index (χ4n) is 1.46. The molecule has 19 heavy (non-hydrogen) atoms. The summed E-state index contributed by atoms with van der Waals surface area (Å²) in [5.74, 6) is 0.443. The normalized spacial score (nSPS) is 12.7. The van der Waals surface area contributed by atoms with Gasteiger partial charge >= 0.3 is 5.97 Å². The lowest BCUT2D eigenvalue weighted by atomic mass is 10.2. The number of para-hydroxylation sites is 1. The summed E-state index contributed by atoms with van der Waals surface area (Å²) in [7, 11) is 0. The Hall–Kier alpha value is -1.77. The van der Waals surface area contributed by atoms with Gasteiger partial charge in [-0.2, -0.15) is 0 Å². The Morgan fingerprint density at radius 3 is 2.58 bits per heavy atom. The first kappa shape index (κ1) is 15.3. The van der Waals surface area contributed by atoms with E-state index >= 15 is 0 Å². The van der Waals surface area contributed by atoms with Crippen LogP contribution in [0.25, 0.3) is 6.08 Å². The van der Waals surface area contributed by atoms with E-state index in [0.717, 1.165) is 17.7 Å². The van der Waals surface area contributed by atoms with Crippen LogP contribution in [0, 0.1) is 0 Å². The highest BCUT2D eigenvalue weighted by Gasteiger charge is 2.05. The molecule has 0 aliphatic rings. The molecule has 3 heteroatoms. The fourth-order valence-corrected chi connectivity index (χ4v) is 1.46. The molecule has 0 aliphatic carbocycles. The second-order valence-corrected chi connectivity index (χ2v) is 4.69. The summed E-state index contributed by atoms with van der Waals surface area (Å²) in [4.78, 5) is 11.6. The second-order valence-electron chi connectivity index (χ2n) is 4.69. The van der Waals surface area contributed by atoms with E-state index in [0.29, 0.717) is 0 Å². The maximum atomic E-state index is 11.6. The maximum Gasteiger partial charge on any atom is 0.331 e. The van der Waals surface area contributed by atoms with Crippen molar-refractivity contribution >= 4 is 12.0 Å². The minimum atomic E-state index is -0.325. The van der Waals surface area contributed by atoms with E-state index in [1.165, 1.54) is 6.08 Å². The quantitative estimate of drug-likeness (QED) is 0.577. The van der Waals surface area contributed by atoms with Crippen molar-refractivity contribution in [2.24, 2.45) is 0 Å². The van der Waals surface area contributed by atoms with Crippen LogP contribution in [-0.4, -0.2) is 18.2 Å². The molecule has 0 bridgehead atoms. The van der Waals surface area contributed by atoms with Gasteiger partial charge in [0.05, 0.1) is 12.2 Å². The average Bonchev–Trinajstić information content (AvgIpc) is 2.37. The van der Waals surface area contributed by atoms with E-state index < -0.39 is 0 Å². The molecule has 0 N–H and O–H groups in total. The van der Waals surface area contributed by atoms with Crippen molar-refractivity contribution in [3.63, 3.8) is 0 Å². The fraction of sp³-hybridized carbons (Fsp3) is 0.438. The van der Waals surface area contributed by atoms with Crippen molar-refractivity contribution in [1.82, 2.24) is 0 Å². The first-order valence-electron chi connectivity index (χ1n) is 6.67. The lowest BCUT2D eigenvalue weighted by Gasteiger charge is -2.12. The highest BCUT2D eigenvalue weighted by molar-refractivity contribution is 5.87. The molecule has 1 atom stereocenters. The van der Waals surface area contributed by atoms with Crippen molar-refractivity contribution < 1.29 is 14.3 Å². The Morgan fingerprint density at radius 2 is 1.95 bits per heavy atom. The van der Waals surface area contributed by atoms with Crippen LogP contribution in [0.15, 0.2) is 30.3 Å². The van der Waals surface area contributed by atoms with Crippen molar-refractivity contribution in [3.05, 3.63) is 35.9 Å². The van der Waals surface area contributed by atoms with E-state index in [2.05, 4.69) is 0 Å². The minimum absolute atomic E-state index is 0.0562. The van der Waals surface area contributed by atoms with Gasteiger partial charge in [0.1, 0.15) is 5.75 Å². The molecule has 0 radical (unpaired) electrons. The summed E-state index contributed by atoms with van der Waals surface area (Å²) in [6, 6.07) is 7.61. The Balaban J connectivity index is 2.73. The monoisotopic (exact) mass is 262 g/mol. The van der Waals surface area contributed by atoms with Gasteiger partial charge in [-0.1, -0.05) is 25.1 Å². The average molecular weight is 262 g/mol. The molecule has 0 amide bonds. The molecule has 0 aromatic heterocycles. The lowest BCUT2D eigenvalue weighted by Crippen LogP contribution is -2.11. The van der Waals surface area contributed by atoms with Gasteiger partial charge in [0.25, 0.3) is 0 Å². The molecule has 0 heterocycles. The molecule has 0 saturated carbocycles. The minimum Gasteiger partial charge on any atom is -0.490 e. The zero-order valence-electron chi connectivity index (χ0n) is 12.1. The third-order valence-corrected chi connectivity index (χ3v) is 2.57. The summed E-state index contributed by atoms with van der Waals surface area (Å²) in [6.45, 7) is 7.80. The SMILES string of the molecule is CCC(C)OC(=O)/C=C/c1ccccc1OC(C)C. The number of esters is 1. The van der Waals surface area contributed by atoms with Crippen molar-refractivity contribution in [3.8, 4) is 5.75 Å². The molecule has 1 aromatic carbocycles. The van der Waals surface area contributed by atoms with Gasteiger partial charge in [-0.05, 0) is 39.3 Å². The lowest BCUT2D eigenvalue weighted by molar-refractivity contribution is -0.142. The molecule has 1 aromatic rings. The summed E-state index contributed by atoms with van der Waals surface area (Å²) in [6.07, 6.45) is 4.02. The van der Waals surface area contributed by atoms with Crippen LogP contribution in [0.2, 0.25) is 0 Å². The summed E-state index contributed by atoms with van der Waals surface area (Å²) >= 11 is 0. The highest BCUT2D eigenvalue weighted by Crippen LogP contribution is 2.20. The van der Waals surface area contributed by atoms with E-state index in [1.54, 1.807) is 6.08 Å². The third kappa shape index (κ3) is 5.60. The standard InChI is InChI=1S/C16H22O3/c1-5-13(4)19-16(17)11-10-14-8-6-7-9-15(14)18-12(2)3/h6-13H,5H2,1-4H3/b11-10+. The Kier molecular flexibility index (Phi) is 6.13. The van der Waals surface area contributed by atoms with Gasteiger partial charge in [0, 0.05) is 11.6 Å². The summed E-state index contributed by atoms with van der Waals surface area (Å²) < 4.78 is 10.9. The zero-order valence-corrected chi connectivity index (χ0v) is 12.1. The second kappa shape index (κ2) is 7.62. The van der Waals surface area contributed by atoms with E-state index in [-0.39, 0.29) is 18.2 Å². The number of hydrogen-bond acceptors (Lipinski definition) is 3. The number of benzene rings is 1. The molecule has 0 saturated heterocycles. The third-order valence-electron chi connectivity index (χ3n) is 2.57. The number of hydrogen-bond donors (Lipinski definition) is 0. The number of rotatable bonds is 6. The highest BCUT2D eigenvalue weighted by atomic mass is 16.5. The van der Waals surface area contributed by atoms with Crippen LogP contribution in [0.3, 0.4) is 0 Å². The molecule has 0 aliphatic heterocycles. The van der Waals surface area contributed by atoms with Crippen molar-refractivity contribution in [2.45, 2.75) is 46.3 Å². The maximum absolute atomic E-state index is 11.6. The van der Waals surface area contributed by atoms with E-state index in [9.17, 15) is 4.79 Å². The van der Waals surface area contributed by atoms with Crippen molar-refractivity contribution in [1.29, 1.82) is 0 Å². The van der Waals surface area contributed by atoms with E-state index in [4.69, 9.17) is 9.47 Å². The molecule has 0 spiro atoms. The number of carbonyl (C=O) groups is 1. The largest absolute Gasteiger partial charge is 0.490 e. The van der Waals surface area contributed by atoms with Gasteiger partial charge in [-0.25, -0.2) is 4.79 Å². The molecule has 1 rings (SSSR count). The smallest absolute Gasteiger partial charge is 0.331 e. The van der Waals surface area contributed by atoms with Gasteiger partial charge < -0.3 is 9.47 Å². The number of carbonyl (C=O) groups excluding carboxylic acids is 1. The first-order chi connectivity index (χ1) is 9.02. The molecule has 104 valence electrons. The van der Waals surface area contributed by atoms with Crippen LogP contribution in [-0.2, 0) is 9.53 Å². The van der Waals surface area contributed by atoms with Gasteiger partial charge in [0.15, 0.2) is 0 Å². The zero-order chi connectivity index (χ0) is 14.3. The van der Waals surface area contributed by atoms with E-state index in [1.807, 2.05) is 52.0 Å². The predicted octanol–water partition coefficient (Wildman–Crippen LogP) is 3.83. The number of ether oxygens (including phenoxy) is 2. The molecule has 3 nitrogen and oxygen atoms in total.